The van der Waals surface area contributed by atoms with Gasteiger partial charge in [0.1, 0.15) is 36.9 Å². The summed E-state index contributed by atoms with van der Waals surface area (Å²) in [5, 5.41) is 0. The van der Waals surface area contributed by atoms with Crippen LogP contribution in [-0.4, -0.2) is 74.2 Å². The largest absolute Gasteiger partial charge is 0.508 e. The number of hydrogen-bond acceptors (Lipinski definition) is 10. The third-order valence-corrected chi connectivity index (χ3v) is 5.18. The van der Waals surface area contributed by atoms with Crippen molar-refractivity contribution in [3.63, 3.8) is 0 Å². The fourth-order valence-corrected chi connectivity index (χ4v) is 3.75. The van der Waals surface area contributed by atoms with Gasteiger partial charge < -0.3 is 37.9 Å². The fraction of sp³-hybridized carbons (Fsp3) is 0.889. The Morgan fingerprint density at radius 3 is 2.18 bits per heavy atom. The van der Waals surface area contributed by atoms with Crippen molar-refractivity contribution in [2.75, 3.05) is 19.8 Å². The molecule has 0 spiro atoms. The Morgan fingerprint density at radius 1 is 0.929 bits per heavy atom. The van der Waals surface area contributed by atoms with E-state index in [9.17, 15) is 9.59 Å². The highest BCUT2D eigenvalue weighted by atomic mass is 16.8. The lowest BCUT2D eigenvalue weighted by molar-refractivity contribution is -0.249. The summed E-state index contributed by atoms with van der Waals surface area (Å²) in [7, 11) is 0. The van der Waals surface area contributed by atoms with Crippen molar-refractivity contribution >= 4 is 12.1 Å². The van der Waals surface area contributed by atoms with Crippen LogP contribution in [0.2, 0.25) is 0 Å². The molecule has 0 saturated carbocycles. The first-order valence-electron chi connectivity index (χ1n) is 9.32. The third kappa shape index (κ3) is 3.59. The molecule has 158 valence electrons. The highest BCUT2D eigenvalue weighted by molar-refractivity contribution is 5.78. The van der Waals surface area contributed by atoms with Crippen LogP contribution in [0.1, 0.15) is 34.6 Å². The molecule has 0 radical (unpaired) electrons. The molecule has 4 rings (SSSR count). The zero-order valence-corrected chi connectivity index (χ0v) is 16.6. The van der Waals surface area contributed by atoms with Crippen molar-refractivity contribution in [3.05, 3.63) is 0 Å². The van der Waals surface area contributed by atoms with Gasteiger partial charge in [0.15, 0.2) is 17.7 Å². The lowest BCUT2D eigenvalue weighted by Crippen LogP contribution is -2.46. The van der Waals surface area contributed by atoms with E-state index in [0.29, 0.717) is 6.61 Å². The topological polar surface area (TPSA) is 108 Å². The van der Waals surface area contributed by atoms with E-state index < -0.39 is 59.8 Å². The Balaban J connectivity index is 1.48. The van der Waals surface area contributed by atoms with Crippen molar-refractivity contribution in [2.24, 2.45) is 5.41 Å². The predicted molar refractivity (Wildman–Crippen MR) is 88.9 cm³/mol. The van der Waals surface area contributed by atoms with E-state index in [2.05, 4.69) is 0 Å². The van der Waals surface area contributed by atoms with Crippen LogP contribution in [0.3, 0.4) is 0 Å². The van der Waals surface area contributed by atoms with Gasteiger partial charge in [0.05, 0.1) is 6.61 Å². The average Bonchev–Trinajstić information content (AvgIpc) is 3.21. The molecule has 0 aromatic heterocycles. The van der Waals surface area contributed by atoms with Crippen molar-refractivity contribution in [3.8, 4) is 0 Å². The molecule has 0 bridgehead atoms. The lowest BCUT2D eigenvalue weighted by Gasteiger charge is -2.32. The van der Waals surface area contributed by atoms with E-state index in [1.807, 2.05) is 13.8 Å². The molecule has 4 heterocycles. The summed E-state index contributed by atoms with van der Waals surface area (Å²) in [6.07, 6.45) is -3.82. The number of ether oxygens (including phenoxy) is 8. The summed E-state index contributed by atoms with van der Waals surface area (Å²) in [5.74, 6) is -2.20. The van der Waals surface area contributed by atoms with Crippen molar-refractivity contribution < 1.29 is 47.5 Å². The number of rotatable bonds is 3. The van der Waals surface area contributed by atoms with Gasteiger partial charge in [-0.2, -0.15) is 0 Å². The monoisotopic (exact) mass is 402 g/mol. The van der Waals surface area contributed by atoms with E-state index in [-0.39, 0.29) is 13.2 Å². The highest BCUT2D eigenvalue weighted by Crippen LogP contribution is 2.43. The smallest absolute Gasteiger partial charge is 0.433 e. The number of cyclic esters (lactones) is 2. The molecule has 4 fully saturated rings. The molecule has 0 aliphatic carbocycles. The molecule has 5 atom stereocenters. The third-order valence-electron chi connectivity index (χ3n) is 5.18. The predicted octanol–water partition coefficient (Wildman–Crippen LogP) is 1.10. The molecule has 10 heteroatoms. The van der Waals surface area contributed by atoms with E-state index in [1.165, 1.54) is 0 Å². The summed E-state index contributed by atoms with van der Waals surface area (Å²) in [6.45, 7) is 8.86. The van der Waals surface area contributed by atoms with Crippen LogP contribution in [0.15, 0.2) is 0 Å². The zero-order chi connectivity index (χ0) is 20.3. The van der Waals surface area contributed by atoms with Crippen LogP contribution in [0, 0.1) is 5.41 Å². The molecule has 0 amide bonds. The van der Waals surface area contributed by atoms with Gasteiger partial charge in [0, 0.05) is 0 Å². The Hall–Kier alpha value is -1.46. The Morgan fingerprint density at radius 2 is 1.57 bits per heavy atom. The molecular weight excluding hydrogens is 376 g/mol. The van der Waals surface area contributed by atoms with Crippen LogP contribution >= 0.6 is 0 Å². The van der Waals surface area contributed by atoms with Crippen LogP contribution in [0.25, 0.3) is 0 Å². The van der Waals surface area contributed by atoms with E-state index >= 15 is 0 Å². The lowest BCUT2D eigenvalue weighted by atomic mass is 9.92. The first kappa shape index (κ1) is 19.8. The van der Waals surface area contributed by atoms with Gasteiger partial charge in [-0.3, -0.25) is 4.79 Å². The number of hydrogen-bond donors (Lipinski definition) is 0. The quantitative estimate of drug-likeness (QED) is 0.637. The van der Waals surface area contributed by atoms with Crippen LogP contribution < -0.4 is 0 Å². The Bertz CT molecular complexity index is 649. The number of carbonyl (C=O) groups excluding carboxylic acids is 2. The van der Waals surface area contributed by atoms with Gasteiger partial charge in [-0.1, -0.05) is 0 Å². The summed E-state index contributed by atoms with van der Waals surface area (Å²) >= 11 is 0. The van der Waals surface area contributed by atoms with Gasteiger partial charge in [-0.05, 0) is 34.6 Å². The fourth-order valence-electron chi connectivity index (χ4n) is 3.75. The van der Waals surface area contributed by atoms with Gasteiger partial charge in [0.2, 0.25) is 6.29 Å². The van der Waals surface area contributed by atoms with Crippen molar-refractivity contribution in [2.45, 2.75) is 76.9 Å². The average molecular weight is 402 g/mol. The number of esters is 1. The van der Waals surface area contributed by atoms with E-state index in [1.54, 1.807) is 20.8 Å². The summed E-state index contributed by atoms with van der Waals surface area (Å²) in [5.41, 5.74) is -1.13. The second-order valence-corrected chi connectivity index (χ2v) is 8.69. The molecular formula is C18H26O10. The zero-order valence-electron chi connectivity index (χ0n) is 16.6. The number of carbonyl (C=O) groups is 2. The minimum atomic E-state index is -1.13. The Labute approximate surface area is 162 Å². The summed E-state index contributed by atoms with van der Waals surface area (Å²) in [4.78, 5) is 23.8. The molecule has 4 aliphatic heterocycles. The first-order chi connectivity index (χ1) is 13.0. The second kappa shape index (κ2) is 6.53. The van der Waals surface area contributed by atoms with Crippen molar-refractivity contribution in [1.29, 1.82) is 0 Å². The van der Waals surface area contributed by atoms with E-state index in [4.69, 9.17) is 37.9 Å². The van der Waals surface area contributed by atoms with Crippen LogP contribution in [0.5, 0.6) is 0 Å². The van der Waals surface area contributed by atoms with Gasteiger partial charge >= 0.3 is 12.1 Å². The van der Waals surface area contributed by atoms with Gasteiger partial charge in [-0.15, -0.1) is 0 Å². The molecule has 10 nitrogen and oxygen atoms in total. The molecule has 0 aromatic rings. The minimum Gasteiger partial charge on any atom is -0.433 e. The van der Waals surface area contributed by atoms with Crippen LogP contribution in [-0.2, 0) is 42.7 Å². The minimum absolute atomic E-state index is 0.133. The van der Waals surface area contributed by atoms with Gasteiger partial charge in [-0.25, -0.2) is 4.79 Å². The standard InChI is InChI=1S/C18H26O10/c1-16(2)23-6-9(26-16)10-11-12(28-17(3,4)27-11)13(24-10)25-14(19)18(5)7-21-15(20)22-8-18/h9-13H,6-8H2,1-5H3. The van der Waals surface area contributed by atoms with Crippen molar-refractivity contribution in [1.82, 2.24) is 0 Å². The molecule has 0 N–H and O–H groups in total. The molecule has 0 aromatic carbocycles. The maximum Gasteiger partial charge on any atom is 0.508 e. The molecule has 4 aliphatic rings. The summed E-state index contributed by atoms with van der Waals surface area (Å²) in [6, 6.07) is 0. The molecule has 28 heavy (non-hydrogen) atoms. The highest BCUT2D eigenvalue weighted by Gasteiger charge is 2.61. The normalized spacial score (nSPS) is 40.5. The number of fused-ring (bicyclic) bond motifs is 1. The SMILES string of the molecule is CC1(C)OCC(C2OC(OC(=O)C3(C)COC(=O)OC3)C3OC(C)(C)OC23)O1. The molecule has 4 saturated heterocycles. The maximum absolute atomic E-state index is 12.7. The van der Waals surface area contributed by atoms with Gasteiger partial charge in [0.25, 0.3) is 0 Å². The second-order valence-electron chi connectivity index (χ2n) is 8.69. The molecule has 5 unspecified atom stereocenters. The Kier molecular flexibility index (Phi) is 4.63. The summed E-state index contributed by atoms with van der Waals surface area (Å²) < 4.78 is 44.7. The van der Waals surface area contributed by atoms with E-state index in [0.717, 1.165) is 0 Å². The van der Waals surface area contributed by atoms with Crippen LogP contribution in [0.4, 0.5) is 4.79 Å². The first-order valence-corrected chi connectivity index (χ1v) is 9.32. The maximum atomic E-state index is 12.7.